The third kappa shape index (κ3) is 3.88. The van der Waals surface area contributed by atoms with E-state index < -0.39 is 24.3 Å². The third-order valence-corrected chi connectivity index (χ3v) is 2.36. The first-order valence-electron chi connectivity index (χ1n) is 5.78. The topological polar surface area (TPSA) is 68.3 Å². The summed E-state index contributed by atoms with van der Waals surface area (Å²) in [5.41, 5.74) is 0.605. The van der Waals surface area contributed by atoms with Crippen molar-refractivity contribution >= 4 is 17.6 Å². The van der Waals surface area contributed by atoms with E-state index in [0.717, 1.165) is 0 Å². The maximum atomic E-state index is 12.9. The van der Waals surface area contributed by atoms with Crippen LogP contribution in [0.5, 0.6) is 0 Å². The molecular weight excluding hydrogens is 263 g/mol. The van der Waals surface area contributed by atoms with Crippen LogP contribution in [0, 0.1) is 5.82 Å². The van der Waals surface area contributed by atoms with Gasteiger partial charge in [-0.3, -0.25) is 9.78 Å². The molecule has 20 heavy (non-hydrogen) atoms. The highest BCUT2D eigenvalue weighted by molar-refractivity contribution is 5.95. The number of carbonyl (C=O) groups is 2. The molecule has 2 aromatic rings. The fourth-order valence-electron chi connectivity index (χ4n) is 1.47. The number of ether oxygens (including phenoxy) is 1. The third-order valence-electron chi connectivity index (χ3n) is 2.36. The minimum absolute atomic E-state index is 0.301. The first kappa shape index (κ1) is 13.7. The van der Waals surface area contributed by atoms with Crippen LogP contribution in [0.4, 0.5) is 10.1 Å². The fraction of sp³-hybridized carbons (Fsp3) is 0.0714. The molecule has 0 aliphatic carbocycles. The molecule has 0 aliphatic rings. The van der Waals surface area contributed by atoms with E-state index in [-0.39, 0.29) is 0 Å². The number of hydrogen-bond donors (Lipinski definition) is 1. The van der Waals surface area contributed by atoms with E-state index >= 15 is 0 Å². The molecule has 0 fully saturated rings. The van der Waals surface area contributed by atoms with Gasteiger partial charge < -0.3 is 10.1 Å². The van der Waals surface area contributed by atoms with Crippen LogP contribution in [0.1, 0.15) is 10.4 Å². The minimum Gasteiger partial charge on any atom is -0.452 e. The second-order valence-electron chi connectivity index (χ2n) is 3.87. The average Bonchev–Trinajstić information content (AvgIpc) is 2.46. The van der Waals surface area contributed by atoms with E-state index in [0.29, 0.717) is 11.3 Å². The predicted octanol–water partition coefficient (Wildman–Crippen LogP) is 2.02. The number of benzene rings is 1. The lowest BCUT2D eigenvalue weighted by Crippen LogP contribution is -2.20. The summed E-state index contributed by atoms with van der Waals surface area (Å²) in [7, 11) is 0. The van der Waals surface area contributed by atoms with Gasteiger partial charge in [-0.05, 0) is 30.3 Å². The number of halogens is 1. The number of nitrogens with one attached hydrogen (secondary N) is 1. The normalized spacial score (nSPS) is 9.85. The van der Waals surface area contributed by atoms with E-state index in [9.17, 15) is 14.0 Å². The van der Waals surface area contributed by atoms with Crippen LogP contribution >= 0.6 is 0 Å². The number of hydrogen-bond acceptors (Lipinski definition) is 4. The van der Waals surface area contributed by atoms with Crippen molar-refractivity contribution in [1.29, 1.82) is 0 Å². The van der Waals surface area contributed by atoms with Crippen molar-refractivity contribution in [2.45, 2.75) is 0 Å². The van der Waals surface area contributed by atoms with Crippen molar-refractivity contribution in [3.05, 3.63) is 60.2 Å². The van der Waals surface area contributed by atoms with E-state index in [4.69, 9.17) is 4.74 Å². The zero-order chi connectivity index (χ0) is 14.4. The molecule has 0 saturated carbocycles. The SMILES string of the molecule is O=C(COC(=O)c1ccncc1)Nc1cccc(F)c1. The smallest absolute Gasteiger partial charge is 0.338 e. The number of amides is 1. The molecule has 2 rings (SSSR count). The molecule has 5 nitrogen and oxygen atoms in total. The standard InChI is InChI=1S/C14H11FN2O3/c15-11-2-1-3-12(8-11)17-13(18)9-20-14(19)10-4-6-16-7-5-10/h1-8H,9H2,(H,17,18). The van der Waals surface area contributed by atoms with Gasteiger partial charge in [-0.15, -0.1) is 0 Å². The molecule has 0 aliphatic heterocycles. The zero-order valence-corrected chi connectivity index (χ0v) is 10.4. The zero-order valence-electron chi connectivity index (χ0n) is 10.4. The average molecular weight is 274 g/mol. The Hall–Kier alpha value is -2.76. The molecule has 1 N–H and O–H groups in total. The van der Waals surface area contributed by atoms with Gasteiger partial charge in [0.1, 0.15) is 5.82 Å². The number of rotatable bonds is 4. The molecule has 6 heteroatoms. The summed E-state index contributed by atoms with van der Waals surface area (Å²) in [4.78, 5) is 26.9. The van der Waals surface area contributed by atoms with Gasteiger partial charge in [0, 0.05) is 18.1 Å². The maximum Gasteiger partial charge on any atom is 0.338 e. The van der Waals surface area contributed by atoms with Crippen molar-refractivity contribution in [3.8, 4) is 0 Å². The predicted molar refractivity (Wildman–Crippen MR) is 69.5 cm³/mol. The number of aromatic nitrogens is 1. The van der Waals surface area contributed by atoms with Gasteiger partial charge in [-0.1, -0.05) is 6.07 Å². The number of nitrogens with zero attached hydrogens (tertiary/aromatic N) is 1. The number of pyridine rings is 1. The monoisotopic (exact) mass is 274 g/mol. The highest BCUT2D eigenvalue weighted by Crippen LogP contribution is 2.09. The number of anilines is 1. The van der Waals surface area contributed by atoms with Gasteiger partial charge in [0.25, 0.3) is 5.91 Å². The van der Waals surface area contributed by atoms with Crippen LogP contribution < -0.4 is 5.32 Å². The van der Waals surface area contributed by atoms with Gasteiger partial charge >= 0.3 is 5.97 Å². The first-order valence-corrected chi connectivity index (χ1v) is 5.78. The number of esters is 1. The van der Waals surface area contributed by atoms with Crippen LogP contribution in [0.25, 0.3) is 0 Å². The van der Waals surface area contributed by atoms with Gasteiger partial charge in [0.15, 0.2) is 6.61 Å². The molecule has 1 aromatic carbocycles. The molecule has 1 aromatic heterocycles. The lowest BCUT2D eigenvalue weighted by molar-refractivity contribution is -0.119. The lowest BCUT2D eigenvalue weighted by atomic mass is 10.3. The molecule has 0 saturated heterocycles. The van der Waals surface area contributed by atoms with E-state index in [1.54, 1.807) is 0 Å². The van der Waals surface area contributed by atoms with Gasteiger partial charge in [0.2, 0.25) is 0 Å². The molecule has 0 bridgehead atoms. The van der Waals surface area contributed by atoms with Crippen molar-refractivity contribution in [1.82, 2.24) is 4.98 Å². The molecular formula is C14H11FN2O3. The lowest BCUT2D eigenvalue weighted by Gasteiger charge is -2.06. The van der Waals surface area contributed by atoms with Crippen molar-refractivity contribution in [3.63, 3.8) is 0 Å². The van der Waals surface area contributed by atoms with Crippen molar-refractivity contribution in [2.75, 3.05) is 11.9 Å². The fourth-order valence-corrected chi connectivity index (χ4v) is 1.47. The van der Waals surface area contributed by atoms with Gasteiger partial charge in [0.05, 0.1) is 5.56 Å². The first-order chi connectivity index (χ1) is 9.65. The highest BCUT2D eigenvalue weighted by Gasteiger charge is 2.10. The molecule has 1 heterocycles. The van der Waals surface area contributed by atoms with E-state index in [1.807, 2.05) is 0 Å². The van der Waals surface area contributed by atoms with Crippen molar-refractivity contribution in [2.24, 2.45) is 0 Å². The Kier molecular flexibility index (Phi) is 4.39. The van der Waals surface area contributed by atoms with E-state index in [2.05, 4.69) is 10.3 Å². The molecule has 0 radical (unpaired) electrons. The Balaban J connectivity index is 1.85. The Morgan fingerprint density at radius 3 is 2.65 bits per heavy atom. The summed E-state index contributed by atoms with van der Waals surface area (Å²) in [6.45, 7) is -0.447. The Morgan fingerprint density at radius 2 is 1.95 bits per heavy atom. The largest absolute Gasteiger partial charge is 0.452 e. The summed E-state index contributed by atoms with van der Waals surface area (Å²) >= 11 is 0. The maximum absolute atomic E-state index is 12.9. The van der Waals surface area contributed by atoms with E-state index in [1.165, 1.54) is 48.8 Å². The Morgan fingerprint density at radius 1 is 1.20 bits per heavy atom. The quantitative estimate of drug-likeness (QED) is 0.866. The van der Waals surface area contributed by atoms with Crippen LogP contribution in [0.15, 0.2) is 48.8 Å². The summed E-state index contributed by atoms with van der Waals surface area (Å²) in [5.74, 6) is -1.63. The second kappa shape index (κ2) is 6.42. The van der Waals surface area contributed by atoms with Crippen molar-refractivity contribution < 1.29 is 18.7 Å². The molecule has 0 spiro atoms. The van der Waals surface area contributed by atoms with Gasteiger partial charge in [-0.25, -0.2) is 9.18 Å². The summed E-state index contributed by atoms with van der Waals surface area (Å²) in [6, 6.07) is 8.39. The van der Waals surface area contributed by atoms with Crippen LogP contribution in [0.3, 0.4) is 0 Å². The summed E-state index contributed by atoms with van der Waals surface area (Å²) in [6.07, 6.45) is 2.90. The van der Waals surface area contributed by atoms with Crippen LogP contribution in [-0.2, 0) is 9.53 Å². The second-order valence-corrected chi connectivity index (χ2v) is 3.87. The van der Waals surface area contributed by atoms with Crippen LogP contribution in [0.2, 0.25) is 0 Å². The summed E-state index contributed by atoms with van der Waals surface area (Å²) in [5, 5.41) is 2.42. The molecule has 102 valence electrons. The number of carbonyl (C=O) groups excluding carboxylic acids is 2. The van der Waals surface area contributed by atoms with Gasteiger partial charge in [-0.2, -0.15) is 0 Å². The molecule has 1 amide bonds. The molecule has 0 atom stereocenters. The minimum atomic E-state index is -0.623. The highest BCUT2D eigenvalue weighted by atomic mass is 19.1. The Bertz CT molecular complexity index is 617. The Labute approximate surface area is 114 Å². The van der Waals surface area contributed by atoms with Crippen LogP contribution in [-0.4, -0.2) is 23.5 Å². The summed E-state index contributed by atoms with van der Waals surface area (Å²) < 4.78 is 17.7. The molecule has 0 unspecified atom stereocenters.